The summed E-state index contributed by atoms with van der Waals surface area (Å²) in [7, 11) is 0. The highest BCUT2D eigenvalue weighted by Crippen LogP contribution is 2.16. The molecule has 0 saturated carbocycles. The summed E-state index contributed by atoms with van der Waals surface area (Å²) in [4.78, 5) is 16.0. The maximum absolute atomic E-state index is 11.8. The lowest BCUT2D eigenvalue weighted by molar-refractivity contribution is -0.128. The fourth-order valence-corrected chi connectivity index (χ4v) is 1.38. The molecule has 4 nitrogen and oxygen atoms in total. The van der Waals surface area contributed by atoms with E-state index in [1.54, 1.807) is 6.20 Å². The largest absolute Gasteiger partial charge is 0.369 e. The summed E-state index contributed by atoms with van der Waals surface area (Å²) >= 11 is 0. The van der Waals surface area contributed by atoms with E-state index >= 15 is 0 Å². The fraction of sp³-hybridized carbons (Fsp3) is 0.429. The molecule has 1 aromatic heterocycles. The first-order valence-electron chi connectivity index (χ1n) is 5.94. The van der Waals surface area contributed by atoms with Crippen molar-refractivity contribution in [3.05, 3.63) is 23.9 Å². The molecule has 4 heteroatoms. The molecule has 0 aliphatic carbocycles. The number of pyridine rings is 1. The Bertz CT molecular complexity index is 443. The summed E-state index contributed by atoms with van der Waals surface area (Å²) < 4.78 is 0. The number of hydrogen-bond acceptors (Lipinski definition) is 3. The Balaban J connectivity index is 2.58. The lowest BCUT2D eigenvalue weighted by Crippen LogP contribution is -2.41. The molecule has 0 radical (unpaired) electrons. The molecule has 1 aromatic rings. The molecule has 0 spiro atoms. The van der Waals surface area contributed by atoms with E-state index in [0.717, 1.165) is 5.56 Å². The lowest BCUT2D eigenvalue weighted by Gasteiger charge is -2.23. The van der Waals surface area contributed by atoms with Crippen LogP contribution < -0.4 is 10.6 Å². The highest BCUT2D eigenvalue weighted by atomic mass is 16.2. The number of anilines is 1. The van der Waals surface area contributed by atoms with Crippen molar-refractivity contribution >= 4 is 11.7 Å². The van der Waals surface area contributed by atoms with Crippen molar-refractivity contribution < 1.29 is 4.79 Å². The van der Waals surface area contributed by atoms with Gasteiger partial charge in [-0.05, 0) is 32.9 Å². The fourth-order valence-electron chi connectivity index (χ4n) is 1.38. The number of terminal acetylenes is 1. The molecule has 0 bridgehead atoms. The third-order valence-electron chi connectivity index (χ3n) is 2.59. The number of rotatable bonds is 5. The van der Waals surface area contributed by atoms with Crippen LogP contribution in [-0.4, -0.2) is 24.0 Å². The van der Waals surface area contributed by atoms with Gasteiger partial charge in [-0.3, -0.25) is 4.79 Å². The van der Waals surface area contributed by atoms with E-state index in [1.165, 1.54) is 0 Å². The number of aromatic nitrogens is 1. The smallest absolute Gasteiger partial charge is 0.227 e. The zero-order valence-electron chi connectivity index (χ0n) is 11.1. The van der Waals surface area contributed by atoms with Gasteiger partial charge in [0.2, 0.25) is 5.91 Å². The molecular formula is C14H19N3O. The number of hydrogen-bond donors (Lipinski definition) is 2. The van der Waals surface area contributed by atoms with Crippen LogP contribution >= 0.6 is 0 Å². The molecule has 0 unspecified atom stereocenters. The van der Waals surface area contributed by atoms with Crippen LogP contribution in [0.4, 0.5) is 5.82 Å². The predicted octanol–water partition coefficient (Wildman–Crippen LogP) is 1.64. The van der Waals surface area contributed by atoms with E-state index in [0.29, 0.717) is 18.9 Å². The second kappa shape index (κ2) is 6.06. The van der Waals surface area contributed by atoms with E-state index in [-0.39, 0.29) is 5.91 Å². The highest BCUT2D eigenvalue weighted by Gasteiger charge is 2.26. The number of carbonyl (C=O) groups is 1. The summed E-state index contributed by atoms with van der Waals surface area (Å²) in [6, 6.07) is 3.62. The van der Waals surface area contributed by atoms with Gasteiger partial charge in [0.15, 0.2) is 0 Å². The zero-order chi connectivity index (χ0) is 13.6. The minimum atomic E-state index is -0.484. The van der Waals surface area contributed by atoms with Gasteiger partial charge < -0.3 is 10.6 Å². The van der Waals surface area contributed by atoms with Crippen LogP contribution in [0.1, 0.15) is 26.3 Å². The first kappa shape index (κ1) is 14.0. The Kier molecular flexibility index (Phi) is 4.73. The van der Waals surface area contributed by atoms with E-state index in [2.05, 4.69) is 21.5 Å². The first-order valence-corrected chi connectivity index (χ1v) is 5.94. The Morgan fingerprint density at radius 3 is 2.72 bits per heavy atom. The van der Waals surface area contributed by atoms with Crippen molar-refractivity contribution in [1.29, 1.82) is 0 Å². The number of nitrogens with one attached hydrogen (secondary N) is 2. The van der Waals surface area contributed by atoms with Crippen molar-refractivity contribution in [1.82, 2.24) is 10.3 Å². The molecular weight excluding hydrogens is 226 g/mol. The van der Waals surface area contributed by atoms with Crippen molar-refractivity contribution in [2.45, 2.75) is 20.8 Å². The minimum absolute atomic E-state index is 0.0257. The van der Waals surface area contributed by atoms with E-state index in [9.17, 15) is 4.79 Å². The molecule has 1 heterocycles. The van der Waals surface area contributed by atoms with Gasteiger partial charge in [-0.1, -0.05) is 5.92 Å². The predicted molar refractivity (Wildman–Crippen MR) is 73.1 cm³/mol. The quantitative estimate of drug-likeness (QED) is 0.775. The highest BCUT2D eigenvalue weighted by molar-refractivity contribution is 5.82. The second-order valence-corrected chi connectivity index (χ2v) is 4.67. The third kappa shape index (κ3) is 3.77. The number of carbonyl (C=O) groups excluding carboxylic acids is 1. The van der Waals surface area contributed by atoms with Gasteiger partial charge in [0.25, 0.3) is 0 Å². The van der Waals surface area contributed by atoms with E-state index in [1.807, 2.05) is 32.9 Å². The Hall–Kier alpha value is -2.02. The average Bonchev–Trinajstić information content (AvgIpc) is 2.37. The van der Waals surface area contributed by atoms with Gasteiger partial charge in [-0.25, -0.2) is 4.98 Å². The molecule has 0 atom stereocenters. The molecule has 18 heavy (non-hydrogen) atoms. The van der Waals surface area contributed by atoms with Crippen LogP contribution in [0.15, 0.2) is 18.3 Å². The zero-order valence-corrected chi connectivity index (χ0v) is 11.1. The number of nitrogens with zero attached hydrogens (tertiary/aromatic N) is 1. The minimum Gasteiger partial charge on any atom is -0.369 e. The number of amides is 1. The van der Waals surface area contributed by atoms with Crippen molar-refractivity contribution in [2.75, 3.05) is 18.4 Å². The standard InChI is InChI=1S/C14H19N3O/c1-5-11-7-8-12(16-9-11)17-10-14(3,4)13(18)15-6-2/h1,7-9H,6,10H2,2-4H3,(H,15,18)(H,16,17). The topological polar surface area (TPSA) is 54.0 Å². The van der Waals surface area contributed by atoms with Gasteiger partial charge >= 0.3 is 0 Å². The molecule has 96 valence electrons. The van der Waals surface area contributed by atoms with Crippen LogP contribution in [0.2, 0.25) is 0 Å². The first-order chi connectivity index (χ1) is 8.49. The van der Waals surface area contributed by atoms with Crippen molar-refractivity contribution in [2.24, 2.45) is 5.41 Å². The summed E-state index contributed by atoms with van der Waals surface area (Å²) in [5.41, 5.74) is 0.256. The van der Waals surface area contributed by atoms with Crippen LogP contribution in [0.3, 0.4) is 0 Å². The van der Waals surface area contributed by atoms with Gasteiger partial charge in [0, 0.05) is 24.8 Å². The van der Waals surface area contributed by atoms with Gasteiger partial charge in [-0.2, -0.15) is 0 Å². The van der Waals surface area contributed by atoms with Gasteiger partial charge in [0.1, 0.15) is 5.82 Å². The summed E-state index contributed by atoms with van der Waals surface area (Å²) in [6.45, 7) is 6.84. The Labute approximate surface area is 108 Å². The lowest BCUT2D eigenvalue weighted by atomic mass is 9.92. The normalized spacial score (nSPS) is 10.6. The van der Waals surface area contributed by atoms with E-state index < -0.39 is 5.41 Å². The SMILES string of the molecule is C#Cc1ccc(NCC(C)(C)C(=O)NCC)nc1. The second-order valence-electron chi connectivity index (χ2n) is 4.67. The molecule has 2 N–H and O–H groups in total. The maximum atomic E-state index is 11.8. The van der Waals surface area contributed by atoms with Gasteiger partial charge in [0.05, 0.1) is 5.41 Å². The van der Waals surface area contributed by atoms with Crippen LogP contribution in [0.5, 0.6) is 0 Å². The van der Waals surface area contributed by atoms with Crippen molar-refractivity contribution in [3.8, 4) is 12.3 Å². The monoisotopic (exact) mass is 245 g/mol. The molecule has 1 rings (SSSR count). The maximum Gasteiger partial charge on any atom is 0.227 e. The molecule has 0 aliphatic heterocycles. The third-order valence-corrected chi connectivity index (χ3v) is 2.59. The Morgan fingerprint density at radius 1 is 1.50 bits per heavy atom. The Morgan fingerprint density at radius 2 is 2.22 bits per heavy atom. The summed E-state index contributed by atoms with van der Waals surface area (Å²) in [6.07, 6.45) is 6.88. The van der Waals surface area contributed by atoms with Gasteiger partial charge in [-0.15, -0.1) is 6.42 Å². The van der Waals surface area contributed by atoms with Crippen molar-refractivity contribution in [3.63, 3.8) is 0 Å². The average molecular weight is 245 g/mol. The summed E-state index contributed by atoms with van der Waals surface area (Å²) in [5, 5.41) is 5.95. The van der Waals surface area contributed by atoms with Crippen LogP contribution in [0, 0.1) is 17.8 Å². The van der Waals surface area contributed by atoms with Crippen LogP contribution in [0.25, 0.3) is 0 Å². The molecule has 1 amide bonds. The molecule has 0 aromatic carbocycles. The molecule has 0 saturated heterocycles. The molecule has 0 aliphatic rings. The van der Waals surface area contributed by atoms with E-state index in [4.69, 9.17) is 6.42 Å². The molecule has 0 fully saturated rings. The summed E-state index contributed by atoms with van der Waals surface area (Å²) in [5.74, 6) is 3.25. The van der Waals surface area contributed by atoms with Crippen LogP contribution in [-0.2, 0) is 4.79 Å².